The zero-order valence-corrected chi connectivity index (χ0v) is 14.7. The third-order valence-electron chi connectivity index (χ3n) is 4.46. The Hall–Kier alpha value is -1.92. The number of carboxylic acid groups (broad SMARTS) is 1. The molecule has 6 nitrogen and oxygen atoms in total. The largest absolute Gasteiger partial charge is 0.480 e. The molecular formula is C19H27NO5. The standard InChI is InChI=1S/C19H27NO5/c1-2-24-10-11-25-13-18(21)20-17(19(22)23)12-15-8-5-7-14-6-3-4-9-16(14)15/h3-4,6,9,15,17H,2,5,7-8,10-13H2,1H3,(H,20,21)(H,22,23). The van der Waals surface area contributed by atoms with E-state index in [1.54, 1.807) is 0 Å². The Morgan fingerprint density at radius 2 is 2.04 bits per heavy atom. The summed E-state index contributed by atoms with van der Waals surface area (Å²) in [6, 6.07) is 7.26. The Morgan fingerprint density at radius 1 is 1.28 bits per heavy atom. The average molecular weight is 349 g/mol. The fraction of sp³-hybridized carbons (Fsp3) is 0.579. The number of carbonyl (C=O) groups excluding carboxylic acids is 1. The minimum atomic E-state index is -1.01. The molecule has 6 heteroatoms. The van der Waals surface area contributed by atoms with E-state index >= 15 is 0 Å². The third-order valence-corrected chi connectivity index (χ3v) is 4.46. The van der Waals surface area contributed by atoms with Crippen LogP contribution in [0.5, 0.6) is 0 Å². The Kier molecular flexibility index (Phi) is 7.88. The highest BCUT2D eigenvalue weighted by molar-refractivity contribution is 5.84. The molecule has 2 rings (SSSR count). The van der Waals surface area contributed by atoms with Gasteiger partial charge in [0.2, 0.25) is 5.91 Å². The fourth-order valence-corrected chi connectivity index (χ4v) is 3.27. The van der Waals surface area contributed by atoms with Gasteiger partial charge in [0.15, 0.2) is 0 Å². The predicted molar refractivity (Wildman–Crippen MR) is 93.6 cm³/mol. The fourth-order valence-electron chi connectivity index (χ4n) is 3.27. The first kappa shape index (κ1) is 19.4. The van der Waals surface area contributed by atoms with Crippen LogP contribution in [-0.4, -0.2) is 49.5 Å². The van der Waals surface area contributed by atoms with Crippen molar-refractivity contribution in [2.75, 3.05) is 26.4 Å². The first-order chi connectivity index (χ1) is 12.1. The molecule has 1 aromatic carbocycles. The number of hydrogen-bond acceptors (Lipinski definition) is 4. The smallest absolute Gasteiger partial charge is 0.326 e. The summed E-state index contributed by atoms with van der Waals surface area (Å²) in [4.78, 5) is 23.5. The number of rotatable bonds is 10. The van der Waals surface area contributed by atoms with E-state index in [-0.39, 0.29) is 12.5 Å². The van der Waals surface area contributed by atoms with Gasteiger partial charge in [-0.25, -0.2) is 4.79 Å². The van der Waals surface area contributed by atoms with E-state index in [2.05, 4.69) is 17.4 Å². The minimum Gasteiger partial charge on any atom is -0.480 e. The number of hydrogen-bond donors (Lipinski definition) is 2. The van der Waals surface area contributed by atoms with Crippen molar-refractivity contribution in [2.24, 2.45) is 0 Å². The zero-order chi connectivity index (χ0) is 18.1. The molecule has 0 saturated heterocycles. The van der Waals surface area contributed by atoms with Gasteiger partial charge in [0.1, 0.15) is 12.6 Å². The van der Waals surface area contributed by atoms with Gasteiger partial charge in [0.25, 0.3) is 0 Å². The summed E-state index contributed by atoms with van der Waals surface area (Å²) in [5, 5.41) is 12.0. The van der Waals surface area contributed by atoms with Gasteiger partial charge in [0.05, 0.1) is 13.2 Å². The molecule has 0 aliphatic heterocycles. The summed E-state index contributed by atoms with van der Waals surface area (Å²) in [5.41, 5.74) is 2.50. The molecule has 2 atom stereocenters. The molecule has 1 aliphatic rings. The lowest BCUT2D eigenvalue weighted by Crippen LogP contribution is -2.43. The summed E-state index contributed by atoms with van der Waals surface area (Å²) < 4.78 is 10.3. The topological polar surface area (TPSA) is 84.9 Å². The maximum absolute atomic E-state index is 11.9. The second-order valence-electron chi connectivity index (χ2n) is 6.23. The number of aryl methyl sites for hydroxylation is 1. The molecule has 2 unspecified atom stereocenters. The van der Waals surface area contributed by atoms with Crippen molar-refractivity contribution in [1.82, 2.24) is 5.32 Å². The lowest BCUT2D eigenvalue weighted by atomic mass is 9.79. The van der Waals surface area contributed by atoms with E-state index in [1.807, 2.05) is 19.1 Å². The first-order valence-corrected chi connectivity index (χ1v) is 8.87. The van der Waals surface area contributed by atoms with Crippen molar-refractivity contribution < 1.29 is 24.2 Å². The average Bonchev–Trinajstić information content (AvgIpc) is 2.61. The number of ether oxygens (including phenoxy) is 2. The molecule has 0 fully saturated rings. The van der Waals surface area contributed by atoms with Crippen LogP contribution in [0.15, 0.2) is 24.3 Å². The van der Waals surface area contributed by atoms with Crippen LogP contribution in [-0.2, 0) is 25.5 Å². The lowest BCUT2D eigenvalue weighted by molar-refractivity contribution is -0.143. The summed E-state index contributed by atoms with van der Waals surface area (Å²) >= 11 is 0. The van der Waals surface area contributed by atoms with E-state index in [9.17, 15) is 14.7 Å². The van der Waals surface area contributed by atoms with Crippen molar-refractivity contribution in [3.05, 3.63) is 35.4 Å². The number of carbonyl (C=O) groups is 2. The van der Waals surface area contributed by atoms with Crippen LogP contribution in [0.2, 0.25) is 0 Å². The Bertz CT molecular complexity index is 575. The zero-order valence-electron chi connectivity index (χ0n) is 14.7. The maximum atomic E-state index is 11.9. The monoisotopic (exact) mass is 349 g/mol. The molecule has 1 amide bonds. The molecule has 2 N–H and O–H groups in total. The molecule has 0 heterocycles. The molecular weight excluding hydrogens is 322 g/mol. The van der Waals surface area contributed by atoms with Gasteiger partial charge in [-0.3, -0.25) is 4.79 Å². The third kappa shape index (κ3) is 6.14. The van der Waals surface area contributed by atoms with Crippen LogP contribution in [0, 0.1) is 0 Å². The number of carboxylic acids is 1. The quantitative estimate of drug-likeness (QED) is 0.632. The molecule has 0 radical (unpaired) electrons. The predicted octanol–water partition coefficient (Wildman–Crippen LogP) is 2.12. The molecule has 1 aromatic rings. The second-order valence-corrected chi connectivity index (χ2v) is 6.23. The van der Waals surface area contributed by atoms with Gasteiger partial charge in [-0.2, -0.15) is 0 Å². The van der Waals surface area contributed by atoms with Gasteiger partial charge >= 0.3 is 5.97 Å². The molecule has 0 spiro atoms. The molecule has 0 bridgehead atoms. The molecule has 0 saturated carbocycles. The summed E-state index contributed by atoms with van der Waals surface area (Å²) in [6.07, 6.45) is 3.42. The number of nitrogens with one attached hydrogen (secondary N) is 1. The molecule has 0 aromatic heterocycles. The van der Waals surface area contributed by atoms with Crippen LogP contribution < -0.4 is 5.32 Å². The van der Waals surface area contributed by atoms with Crippen LogP contribution in [0.25, 0.3) is 0 Å². The van der Waals surface area contributed by atoms with E-state index in [0.717, 1.165) is 19.3 Å². The Labute approximate surface area is 148 Å². The summed E-state index contributed by atoms with van der Waals surface area (Å²) in [7, 11) is 0. The summed E-state index contributed by atoms with van der Waals surface area (Å²) in [6.45, 7) is 3.06. The Morgan fingerprint density at radius 3 is 2.80 bits per heavy atom. The highest BCUT2D eigenvalue weighted by Crippen LogP contribution is 2.34. The summed E-state index contributed by atoms with van der Waals surface area (Å²) in [5.74, 6) is -1.26. The number of aliphatic carboxylic acids is 1. The van der Waals surface area contributed by atoms with E-state index in [4.69, 9.17) is 9.47 Å². The van der Waals surface area contributed by atoms with Crippen molar-refractivity contribution in [3.63, 3.8) is 0 Å². The minimum absolute atomic E-state index is 0.155. The van der Waals surface area contributed by atoms with Gasteiger partial charge in [0, 0.05) is 6.61 Å². The van der Waals surface area contributed by atoms with E-state index in [1.165, 1.54) is 11.1 Å². The van der Waals surface area contributed by atoms with Gasteiger partial charge in [-0.05, 0) is 49.7 Å². The number of amides is 1. The normalized spacial score (nSPS) is 17.6. The molecule has 1 aliphatic carbocycles. The second kappa shape index (κ2) is 10.2. The van der Waals surface area contributed by atoms with Gasteiger partial charge in [-0.15, -0.1) is 0 Å². The van der Waals surface area contributed by atoms with Crippen molar-refractivity contribution in [2.45, 2.75) is 44.6 Å². The SMILES string of the molecule is CCOCCOCC(=O)NC(CC1CCCc2ccccc21)C(=O)O. The van der Waals surface area contributed by atoms with Crippen molar-refractivity contribution in [1.29, 1.82) is 0 Å². The van der Waals surface area contributed by atoms with Crippen molar-refractivity contribution >= 4 is 11.9 Å². The van der Waals surface area contributed by atoms with Gasteiger partial charge in [-0.1, -0.05) is 24.3 Å². The van der Waals surface area contributed by atoms with Crippen LogP contribution >= 0.6 is 0 Å². The number of fused-ring (bicyclic) bond motifs is 1. The van der Waals surface area contributed by atoms with Gasteiger partial charge < -0.3 is 19.9 Å². The van der Waals surface area contributed by atoms with Crippen LogP contribution in [0.3, 0.4) is 0 Å². The number of benzene rings is 1. The van der Waals surface area contributed by atoms with Crippen LogP contribution in [0.1, 0.15) is 43.2 Å². The van der Waals surface area contributed by atoms with E-state index in [0.29, 0.717) is 26.2 Å². The lowest BCUT2D eigenvalue weighted by Gasteiger charge is -2.28. The van der Waals surface area contributed by atoms with Crippen LogP contribution in [0.4, 0.5) is 0 Å². The van der Waals surface area contributed by atoms with Crippen molar-refractivity contribution in [3.8, 4) is 0 Å². The Balaban J connectivity index is 1.87. The molecule has 138 valence electrons. The first-order valence-electron chi connectivity index (χ1n) is 8.87. The highest BCUT2D eigenvalue weighted by atomic mass is 16.5. The maximum Gasteiger partial charge on any atom is 0.326 e. The van der Waals surface area contributed by atoms with E-state index < -0.39 is 17.9 Å². The molecule has 25 heavy (non-hydrogen) atoms. The highest BCUT2D eigenvalue weighted by Gasteiger charge is 2.28.